The molecule has 3 nitrogen and oxygen atoms in total. The van der Waals surface area contributed by atoms with E-state index in [9.17, 15) is 5.11 Å². The summed E-state index contributed by atoms with van der Waals surface area (Å²) in [6.45, 7) is 7.15. The zero-order valence-corrected chi connectivity index (χ0v) is 13.0. The molecule has 1 unspecified atom stereocenters. The Kier molecular flexibility index (Phi) is 5.63. The van der Waals surface area contributed by atoms with Crippen LogP contribution in [0.15, 0.2) is 22.7 Å². The second kappa shape index (κ2) is 6.55. The lowest BCUT2D eigenvalue weighted by molar-refractivity contribution is 0.0140. The molecule has 0 saturated carbocycles. The zero-order chi connectivity index (χ0) is 13.8. The molecule has 18 heavy (non-hydrogen) atoms. The first-order valence-corrected chi connectivity index (χ1v) is 6.91. The minimum Gasteiger partial charge on any atom is -0.497 e. The summed E-state index contributed by atoms with van der Waals surface area (Å²) in [6.07, 6.45) is 0. The number of ether oxygens (including phenoxy) is 1. The van der Waals surface area contributed by atoms with Crippen LogP contribution in [0.4, 0.5) is 0 Å². The second-order valence-corrected chi connectivity index (χ2v) is 5.93. The molecule has 0 aromatic heterocycles. The highest BCUT2D eigenvalue weighted by Crippen LogP contribution is 2.22. The van der Waals surface area contributed by atoms with Gasteiger partial charge in [0.15, 0.2) is 0 Å². The molecular formula is C14H22BrNO2. The Morgan fingerprint density at radius 3 is 2.67 bits per heavy atom. The van der Waals surface area contributed by atoms with Gasteiger partial charge in [0.1, 0.15) is 5.75 Å². The van der Waals surface area contributed by atoms with Crippen LogP contribution in [-0.4, -0.2) is 24.4 Å². The van der Waals surface area contributed by atoms with Gasteiger partial charge in [-0.25, -0.2) is 0 Å². The summed E-state index contributed by atoms with van der Waals surface area (Å²) in [7, 11) is 1.66. The summed E-state index contributed by atoms with van der Waals surface area (Å²) in [4.78, 5) is 0. The van der Waals surface area contributed by atoms with E-state index in [1.54, 1.807) is 7.11 Å². The Morgan fingerprint density at radius 2 is 2.11 bits per heavy atom. The predicted molar refractivity (Wildman–Crippen MR) is 77.9 cm³/mol. The maximum absolute atomic E-state index is 10.1. The molecule has 0 amide bonds. The quantitative estimate of drug-likeness (QED) is 0.848. The van der Waals surface area contributed by atoms with Gasteiger partial charge in [0.25, 0.3) is 0 Å². The van der Waals surface area contributed by atoms with Crippen LogP contribution in [-0.2, 0) is 6.54 Å². The number of benzene rings is 1. The molecule has 102 valence electrons. The molecular weight excluding hydrogens is 294 g/mol. The van der Waals surface area contributed by atoms with Crippen LogP contribution in [0.2, 0.25) is 0 Å². The van der Waals surface area contributed by atoms with Crippen molar-refractivity contribution in [1.29, 1.82) is 0 Å². The molecule has 4 heteroatoms. The fourth-order valence-electron chi connectivity index (χ4n) is 1.47. The fraction of sp³-hybridized carbons (Fsp3) is 0.571. The van der Waals surface area contributed by atoms with Crippen molar-refractivity contribution in [3.05, 3.63) is 28.2 Å². The van der Waals surface area contributed by atoms with Crippen molar-refractivity contribution in [3.63, 3.8) is 0 Å². The Hall–Kier alpha value is -0.580. The van der Waals surface area contributed by atoms with Gasteiger partial charge in [-0.1, -0.05) is 29.8 Å². The third-order valence-corrected chi connectivity index (χ3v) is 4.07. The van der Waals surface area contributed by atoms with Crippen LogP contribution in [0.1, 0.15) is 26.3 Å². The Labute approximate surface area is 118 Å². The summed E-state index contributed by atoms with van der Waals surface area (Å²) in [5.74, 6) is 1.06. The molecule has 1 atom stereocenters. The minimum atomic E-state index is -0.689. The van der Waals surface area contributed by atoms with Crippen LogP contribution >= 0.6 is 15.9 Å². The molecule has 0 heterocycles. The predicted octanol–water partition coefficient (Wildman–Crippen LogP) is 2.95. The molecule has 0 fully saturated rings. The third-order valence-electron chi connectivity index (χ3n) is 3.30. The molecule has 0 spiro atoms. The van der Waals surface area contributed by atoms with Crippen molar-refractivity contribution in [2.45, 2.75) is 32.9 Å². The van der Waals surface area contributed by atoms with Crippen LogP contribution in [0.3, 0.4) is 0 Å². The van der Waals surface area contributed by atoms with Gasteiger partial charge >= 0.3 is 0 Å². The molecule has 0 aliphatic heterocycles. The first-order chi connectivity index (χ1) is 8.36. The lowest BCUT2D eigenvalue weighted by atomic mass is 9.92. The molecule has 1 aromatic carbocycles. The molecule has 0 radical (unpaired) electrons. The lowest BCUT2D eigenvalue weighted by Crippen LogP contribution is -2.41. The van der Waals surface area contributed by atoms with Crippen molar-refractivity contribution in [2.24, 2.45) is 5.92 Å². The number of methoxy groups -OCH3 is 1. The second-order valence-electron chi connectivity index (χ2n) is 5.07. The number of hydrogen-bond acceptors (Lipinski definition) is 3. The first-order valence-electron chi connectivity index (χ1n) is 6.12. The van der Waals surface area contributed by atoms with E-state index in [2.05, 4.69) is 21.2 Å². The van der Waals surface area contributed by atoms with E-state index < -0.39 is 5.60 Å². The first kappa shape index (κ1) is 15.5. The topological polar surface area (TPSA) is 41.5 Å². The Morgan fingerprint density at radius 1 is 1.44 bits per heavy atom. The average Bonchev–Trinajstić information content (AvgIpc) is 2.31. The van der Waals surface area contributed by atoms with Gasteiger partial charge in [-0.15, -0.1) is 0 Å². The minimum absolute atomic E-state index is 0.221. The van der Waals surface area contributed by atoms with Gasteiger partial charge in [0.2, 0.25) is 0 Å². The van der Waals surface area contributed by atoms with Crippen molar-refractivity contribution < 1.29 is 9.84 Å². The molecule has 0 saturated heterocycles. The van der Waals surface area contributed by atoms with E-state index in [1.165, 1.54) is 0 Å². The molecule has 0 bridgehead atoms. The molecule has 2 N–H and O–H groups in total. The van der Waals surface area contributed by atoms with E-state index in [0.717, 1.165) is 15.8 Å². The number of rotatable bonds is 6. The van der Waals surface area contributed by atoms with Crippen LogP contribution in [0.25, 0.3) is 0 Å². The van der Waals surface area contributed by atoms with Gasteiger partial charge in [-0.3, -0.25) is 0 Å². The summed E-state index contributed by atoms with van der Waals surface area (Å²) >= 11 is 3.51. The van der Waals surface area contributed by atoms with Gasteiger partial charge < -0.3 is 15.2 Å². The van der Waals surface area contributed by atoms with Gasteiger partial charge in [0, 0.05) is 17.6 Å². The fourth-order valence-corrected chi connectivity index (χ4v) is 1.85. The van der Waals surface area contributed by atoms with Gasteiger partial charge in [-0.05, 0) is 36.6 Å². The molecule has 0 aliphatic carbocycles. The number of nitrogens with one attached hydrogen (secondary N) is 1. The Balaban J connectivity index is 2.58. The maximum atomic E-state index is 10.1. The van der Waals surface area contributed by atoms with Gasteiger partial charge in [0.05, 0.1) is 12.7 Å². The highest BCUT2D eigenvalue weighted by Gasteiger charge is 2.24. The molecule has 1 aromatic rings. The van der Waals surface area contributed by atoms with E-state index in [4.69, 9.17) is 4.74 Å². The van der Waals surface area contributed by atoms with Gasteiger partial charge in [-0.2, -0.15) is 0 Å². The highest BCUT2D eigenvalue weighted by atomic mass is 79.9. The summed E-state index contributed by atoms with van der Waals surface area (Å²) in [5, 5.41) is 13.4. The van der Waals surface area contributed by atoms with E-state index in [-0.39, 0.29) is 5.92 Å². The SMILES string of the molecule is COc1ccc(Br)c(CNCC(C)(O)C(C)C)c1. The van der Waals surface area contributed by atoms with Crippen molar-refractivity contribution in [2.75, 3.05) is 13.7 Å². The van der Waals surface area contributed by atoms with Crippen LogP contribution < -0.4 is 10.1 Å². The van der Waals surface area contributed by atoms with E-state index >= 15 is 0 Å². The Bertz CT molecular complexity index is 391. The number of halogens is 1. The zero-order valence-electron chi connectivity index (χ0n) is 11.5. The molecule has 0 aliphatic rings. The van der Waals surface area contributed by atoms with Crippen LogP contribution in [0.5, 0.6) is 5.75 Å². The summed E-state index contributed by atoms with van der Waals surface area (Å²) in [5.41, 5.74) is 0.430. The summed E-state index contributed by atoms with van der Waals surface area (Å²) in [6, 6.07) is 5.87. The van der Waals surface area contributed by atoms with Crippen molar-refractivity contribution in [3.8, 4) is 5.75 Å². The monoisotopic (exact) mass is 315 g/mol. The standard InChI is InChI=1S/C14H22BrNO2/c1-10(2)14(3,17)9-16-8-11-7-12(18-4)5-6-13(11)15/h5-7,10,16-17H,8-9H2,1-4H3. The van der Waals surface area contributed by atoms with Crippen molar-refractivity contribution >= 4 is 15.9 Å². The average molecular weight is 316 g/mol. The van der Waals surface area contributed by atoms with E-state index in [0.29, 0.717) is 13.1 Å². The lowest BCUT2D eigenvalue weighted by Gasteiger charge is -2.28. The van der Waals surface area contributed by atoms with Crippen molar-refractivity contribution in [1.82, 2.24) is 5.32 Å². The molecule has 1 rings (SSSR count). The smallest absolute Gasteiger partial charge is 0.119 e. The number of aliphatic hydroxyl groups is 1. The maximum Gasteiger partial charge on any atom is 0.119 e. The van der Waals surface area contributed by atoms with E-state index in [1.807, 2.05) is 39.0 Å². The largest absolute Gasteiger partial charge is 0.497 e. The van der Waals surface area contributed by atoms with Crippen LogP contribution in [0, 0.1) is 5.92 Å². The normalized spacial score (nSPS) is 14.6. The number of hydrogen-bond donors (Lipinski definition) is 2. The third kappa shape index (κ3) is 4.26. The summed E-state index contributed by atoms with van der Waals surface area (Å²) < 4.78 is 6.24. The highest BCUT2D eigenvalue weighted by molar-refractivity contribution is 9.10.